The molecule has 0 spiro atoms. The quantitative estimate of drug-likeness (QED) is 0.439. The first-order chi connectivity index (χ1) is 13.1. The molecule has 0 aliphatic heterocycles. The van der Waals surface area contributed by atoms with Gasteiger partial charge in [0.1, 0.15) is 11.4 Å². The number of aryl methyl sites for hydroxylation is 1. The Bertz CT molecular complexity index is 829. The largest absolute Gasteiger partial charge is 0.488 e. The van der Waals surface area contributed by atoms with Gasteiger partial charge in [-0.05, 0) is 62.3 Å². The molecule has 5 heteroatoms. The van der Waals surface area contributed by atoms with Crippen molar-refractivity contribution < 1.29 is 9.15 Å². The second kappa shape index (κ2) is 9.09. The van der Waals surface area contributed by atoms with E-state index >= 15 is 0 Å². The van der Waals surface area contributed by atoms with Gasteiger partial charge in [0.25, 0.3) is 0 Å². The topological polar surface area (TPSA) is 48.2 Å². The van der Waals surface area contributed by atoms with Gasteiger partial charge in [-0.25, -0.2) is 0 Å². The number of thioether (sulfide) groups is 1. The molecule has 142 valence electrons. The van der Waals surface area contributed by atoms with Crippen LogP contribution in [-0.4, -0.2) is 21.6 Å². The van der Waals surface area contributed by atoms with Crippen molar-refractivity contribution in [2.45, 2.75) is 45.0 Å². The van der Waals surface area contributed by atoms with Gasteiger partial charge in [-0.3, -0.25) is 0 Å². The maximum atomic E-state index is 5.98. The van der Waals surface area contributed by atoms with Crippen molar-refractivity contribution in [2.24, 2.45) is 0 Å². The van der Waals surface area contributed by atoms with Crippen molar-refractivity contribution in [3.05, 3.63) is 66.1 Å². The monoisotopic (exact) mass is 382 g/mol. The molecule has 0 aliphatic rings. The molecule has 0 saturated heterocycles. The van der Waals surface area contributed by atoms with Crippen LogP contribution in [0.15, 0.2) is 59.0 Å². The van der Waals surface area contributed by atoms with E-state index < -0.39 is 0 Å². The van der Waals surface area contributed by atoms with E-state index in [-0.39, 0.29) is 5.60 Å². The fraction of sp³-hybridized carbons (Fsp3) is 0.364. The van der Waals surface area contributed by atoms with Gasteiger partial charge < -0.3 is 9.15 Å². The number of hydrogen-bond acceptors (Lipinski definition) is 5. The SMILES string of the molecule is CCC(C)(C)Oc1ccc(-c2nnc(CSCCc3ccccc3)o2)cc1. The normalized spacial score (nSPS) is 11.5. The minimum Gasteiger partial charge on any atom is -0.488 e. The van der Waals surface area contributed by atoms with Crippen molar-refractivity contribution in [3.63, 3.8) is 0 Å². The number of aromatic nitrogens is 2. The second-order valence-electron chi connectivity index (χ2n) is 7.03. The van der Waals surface area contributed by atoms with Crippen molar-refractivity contribution in [1.82, 2.24) is 10.2 Å². The molecule has 3 rings (SSSR count). The van der Waals surface area contributed by atoms with Gasteiger partial charge in [0.05, 0.1) is 5.75 Å². The summed E-state index contributed by atoms with van der Waals surface area (Å²) in [5, 5.41) is 8.34. The molecule has 0 radical (unpaired) electrons. The Morgan fingerprint density at radius 2 is 1.74 bits per heavy atom. The van der Waals surface area contributed by atoms with Crippen LogP contribution in [-0.2, 0) is 12.2 Å². The molecule has 27 heavy (non-hydrogen) atoms. The summed E-state index contributed by atoms with van der Waals surface area (Å²) >= 11 is 1.80. The van der Waals surface area contributed by atoms with E-state index in [0.29, 0.717) is 11.8 Å². The maximum absolute atomic E-state index is 5.98. The van der Waals surface area contributed by atoms with Gasteiger partial charge in [0.2, 0.25) is 11.8 Å². The Balaban J connectivity index is 1.51. The molecule has 2 aromatic carbocycles. The van der Waals surface area contributed by atoms with Crippen LogP contribution < -0.4 is 4.74 Å². The molecule has 0 atom stereocenters. The number of hydrogen-bond donors (Lipinski definition) is 0. The van der Waals surface area contributed by atoms with Gasteiger partial charge in [-0.15, -0.1) is 10.2 Å². The molecular formula is C22H26N2O2S. The van der Waals surface area contributed by atoms with Crippen molar-refractivity contribution in [1.29, 1.82) is 0 Å². The fourth-order valence-corrected chi connectivity index (χ4v) is 3.30. The highest BCUT2D eigenvalue weighted by molar-refractivity contribution is 7.98. The molecule has 0 aliphatic carbocycles. The summed E-state index contributed by atoms with van der Waals surface area (Å²) in [5.41, 5.74) is 2.09. The molecule has 0 N–H and O–H groups in total. The van der Waals surface area contributed by atoms with Crippen LogP contribution in [0.3, 0.4) is 0 Å². The van der Waals surface area contributed by atoms with E-state index in [1.807, 2.05) is 30.3 Å². The van der Waals surface area contributed by atoms with Crippen LogP contribution in [0, 0.1) is 0 Å². The van der Waals surface area contributed by atoms with E-state index in [1.54, 1.807) is 11.8 Å². The van der Waals surface area contributed by atoms with Crippen molar-refractivity contribution in [2.75, 3.05) is 5.75 Å². The zero-order chi connectivity index (χ0) is 19.1. The number of nitrogens with zero attached hydrogens (tertiary/aromatic N) is 2. The Morgan fingerprint density at radius 3 is 2.44 bits per heavy atom. The van der Waals surface area contributed by atoms with E-state index in [1.165, 1.54) is 5.56 Å². The average molecular weight is 383 g/mol. The third-order valence-corrected chi connectivity index (χ3v) is 5.36. The van der Waals surface area contributed by atoms with E-state index in [9.17, 15) is 0 Å². The summed E-state index contributed by atoms with van der Waals surface area (Å²) < 4.78 is 11.8. The van der Waals surface area contributed by atoms with E-state index in [4.69, 9.17) is 9.15 Å². The summed E-state index contributed by atoms with van der Waals surface area (Å²) in [6.45, 7) is 6.29. The van der Waals surface area contributed by atoms with Gasteiger partial charge in [-0.1, -0.05) is 37.3 Å². The highest BCUT2D eigenvalue weighted by atomic mass is 32.2. The predicted molar refractivity (Wildman–Crippen MR) is 111 cm³/mol. The van der Waals surface area contributed by atoms with Crippen molar-refractivity contribution >= 4 is 11.8 Å². The first-order valence-electron chi connectivity index (χ1n) is 9.29. The Hall–Kier alpha value is -2.27. The van der Waals surface area contributed by atoms with Crippen LogP contribution in [0.5, 0.6) is 5.75 Å². The minimum atomic E-state index is -0.170. The molecule has 0 saturated carbocycles. The van der Waals surface area contributed by atoms with Gasteiger partial charge in [0.15, 0.2) is 0 Å². The summed E-state index contributed by atoms with van der Waals surface area (Å²) in [7, 11) is 0. The lowest BCUT2D eigenvalue weighted by atomic mass is 10.1. The molecule has 0 amide bonds. The predicted octanol–water partition coefficient (Wildman–Crippen LogP) is 5.78. The zero-order valence-electron chi connectivity index (χ0n) is 16.1. The van der Waals surface area contributed by atoms with Gasteiger partial charge in [0, 0.05) is 5.56 Å². The van der Waals surface area contributed by atoms with Gasteiger partial charge >= 0.3 is 0 Å². The van der Waals surface area contributed by atoms with Crippen LogP contribution in [0.25, 0.3) is 11.5 Å². The molecule has 0 bridgehead atoms. The lowest BCUT2D eigenvalue weighted by molar-refractivity contribution is 0.105. The Morgan fingerprint density at radius 1 is 1.00 bits per heavy atom. The zero-order valence-corrected chi connectivity index (χ0v) is 17.0. The third kappa shape index (κ3) is 5.86. The van der Waals surface area contributed by atoms with Crippen LogP contribution in [0.4, 0.5) is 0 Å². The van der Waals surface area contributed by atoms with Crippen LogP contribution in [0.1, 0.15) is 38.6 Å². The number of ether oxygens (including phenoxy) is 1. The van der Waals surface area contributed by atoms with Crippen LogP contribution >= 0.6 is 11.8 Å². The highest BCUT2D eigenvalue weighted by Crippen LogP contribution is 2.25. The number of benzene rings is 2. The van der Waals surface area contributed by atoms with Crippen molar-refractivity contribution in [3.8, 4) is 17.2 Å². The van der Waals surface area contributed by atoms with Gasteiger partial charge in [-0.2, -0.15) is 11.8 Å². The Labute approximate surface area is 165 Å². The molecule has 0 fully saturated rings. The second-order valence-corrected chi connectivity index (χ2v) is 8.13. The summed E-state index contributed by atoms with van der Waals surface area (Å²) in [4.78, 5) is 0. The molecule has 3 aromatic rings. The summed E-state index contributed by atoms with van der Waals surface area (Å²) in [6, 6.07) is 18.3. The smallest absolute Gasteiger partial charge is 0.247 e. The average Bonchev–Trinajstić information content (AvgIpc) is 3.15. The molecule has 1 aromatic heterocycles. The lowest BCUT2D eigenvalue weighted by Crippen LogP contribution is -2.26. The number of rotatable bonds is 9. The fourth-order valence-electron chi connectivity index (χ4n) is 2.48. The minimum absolute atomic E-state index is 0.170. The molecular weight excluding hydrogens is 356 g/mol. The first kappa shape index (κ1) is 19.5. The van der Waals surface area contributed by atoms with E-state index in [2.05, 4.69) is 55.2 Å². The lowest BCUT2D eigenvalue weighted by Gasteiger charge is -2.24. The highest BCUT2D eigenvalue weighted by Gasteiger charge is 2.17. The third-order valence-electron chi connectivity index (χ3n) is 4.42. The van der Waals surface area contributed by atoms with Crippen LogP contribution in [0.2, 0.25) is 0 Å². The Kier molecular flexibility index (Phi) is 6.56. The molecule has 4 nitrogen and oxygen atoms in total. The summed E-state index contributed by atoms with van der Waals surface area (Å²) in [5.74, 6) is 3.82. The first-order valence-corrected chi connectivity index (χ1v) is 10.4. The molecule has 1 heterocycles. The standard InChI is InChI=1S/C22H26N2O2S/c1-4-22(2,3)26-19-12-10-18(11-13-19)21-24-23-20(25-21)16-27-15-14-17-8-6-5-7-9-17/h5-13H,4,14-16H2,1-3H3. The summed E-state index contributed by atoms with van der Waals surface area (Å²) in [6.07, 6.45) is 1.99. The van der Waals surface area contributed by atoms with E-state index in [0.717, 1.165) is 35.7 Å². The maximum Gasteiger partial charge on any atom is 0.247 e. The molecule has 0 unspecified atom stereocenters.